The van der Waals surface area contributed by atoms with Gasteiger partial charge in [0.05, 0.1) is 5.41 Å². The molecular weight excluding hydrogens is 332 g/mol. The van der Waals surface area contributed by atoms with Crippen molar-refractivity contribution in [1.29, 1.82) is 0 Å². The molecule has 3 aliphatic rings. The van der Waals surface area contributed by atoms with E-state index >= 15 is 0 Å². The largest absolute Gasteiger partial charge is 0.368 e. The molecule has 0 spiro atoms. The average molecular weight is 359 g/mol. The maximum Gasteiger partial charge on any atom is 0.233 e. The van der Waals surface area contributed by atoms with Crippen molar-refractivity contribution in [3.8, 4) is 0 Å². The molecule has 1 heterocycles. The van der Waals surface area contributed by atoms with Crippen molar-refractivity contribution in [1.82, 2.24) is 4.90 Å². The first-order chi connectivity index (χ1) is 11.8. The fraction of sp³-hybridized carbons (Fsp3) is 0.571. The van der Waals surface area contributed by atoms with E-state index in [9.17, 15) is 4.79 Å². The minimum atomic E-state index is -0.285. The highest BCUT2D eigenvalue weighted by Gasteiger charge is 2.61. The highest BCUT2D eigenvalue weighted by atomic mass is 35.5. The van der Waals surface area contributed by atoms with Crippen molar-refractivity contribution in [3.63, 3.8) is 0 Å². The van der Waals surface area contributed by atoms with Crippen LogP contribution < -0.4 is 4.90 Å². The van der Waals surface area contributed by atoms with Crippen LogP contribution in [0.1, 0.15) is 33.1 Å². The molecule has 2 bridgehead atoms. The highest BCUT2D eigenvalue weighted by Crippen LogP contribution is 2.65. The van der Waals surface area contributed by atoms with Gasteiger partial charge in [0.1, 0.15) is 0 Å². The summed E-state index contributed by atoms with van der Waals surface area (Å²) in [5.74, 6) is 0.952. The summed E-state index contributed by atoms with van der Waals surface area (Å²) in [5.41, 5.74) is 2.15. The van der Waals surface area contributed by atoms with Gasteiger partial charge in [0.25, 0.3) is 0 Å². The molecule has 3 nitrogen and oxygen atoms in total. The maximum absolute atomic E-state index is 13.4. The monoisotopic (exact) mass is 358 g/mol. The topological polar surface area (TPSA) is 23.6 Å². The molecular formula is C21H27ClN2O. The Hall–Kier alpha value is -1.48. The van der Waals surface area contributed by atoms with Gasteiger partial charge in [-0.15, -0.1) is 0 Å². The second kappa shape index (κ2) is 5.77. The number of carbonyl (C=O) groups excluding carboxylic acids is 1. The van der Waals surface area contributed by atoms with Crippen molar-refractivity contribution < 1.29 is 4.79 Å². The van der Waals surface area contributed by atoms with E-state index in [-0.39, 0.29) is 10.8 Å². The van der Waals surface area contributed by atoms with Crippen LogP contribution in [0.3, 0.4) is 0 Å². The number of hydrogen-bond acceptors (Lipinski definition) is 2. The summed E-state index contributed by atoms with van der Waals surface area (Å²) in [6, 6.07) is 7.97. The Morgan fingerprint density at radius 1 is 1.24 bits per heavy atom. The van der Waals surface area contributed by atoms with Crippen molar-refractivity contribution in [2.45, 2.75) is 33.1 Å². The normalized spacial score (nSPS) is 30.8. The van der Waals surface area contributed by atoms with Crippen LogP contribution in [0.5, 0.6) is 0 Å². The Labute approximate surface area is 155 Å². The summed E-state index contributed by atoms with van der Waals surface area (Å²) in [7, 11) is 0. The Balaban J connectivity index is 1.46. The first kappa shape index (κ1) is 17.0. The van der Waals surface area contributed by atoms with E-state index in [4.69, 9.17) is 11.6 Å². The van der Waals surface area contributed by atoms with Crippen LogP contribution >= 0.6 is 11.6 Å². The minimum absolute atomic E-state index is 0.108. The van der Waals surface area contributed by atoms with Gasteiger partial charge >= 0.3 is 0 Å². The molecule has 1 amide bonds. The number of benzene rings is 1. The van der Waals surface area contributed by atoms with Crippen molar-refractivity contribution in [2.24, 2.45) is 16.7 Å². The number of fused-ring (bicyclic) bond motifs is 2. The molecule has 2 aliphatic carbocycles. The molecule has 2 saturated carbocycles. The molecule has 0 radical (unpaired) electrons. The first-order valence-corrected chi connectivity index (χ1v) is 9.72. The fourth-order valence-corrected chi connectivity index (χ4v) is 5.45. The zero-order valence-electron chi connectivity index (χ0n) is 15.2. The Bertz CT molecular complexity index is 720. The van der Waals surface area contributed by atoms with Crippen LogP contribution in [0.15, 0.2) is 36.4 Å². The number of amides is 1. The molecule has 4 heteroatoms. The quantitative estimate of drug-likeness (QED) is 0.733. The van der Waals surface area contributed by atoms with E-state index in [2.05, 4.69) is 36.3 Å². The standard InChI is InChI=1S/C21H27ClN2O/c1-15-20(2,3)16-7-8-21(15,14-16)19(25)24-11-9-23(10-12-24)18-6-4-5-17(22)13-18/h4-6,13,16H,1,7-12,14H2,2-3H3/t16-,21-/m0/s1. The fourth-order valence-electron chi connectivity index (χ4n) is 5.27. The van der Waals surface area contributed by atoms with Gasteiger partial charge in [0.15, 0.2) is 0 Å². The average Bonchev–Trinajstić information content (AvgIpc) is 3.14. The molecule has 0 unspecified atom stereocenters. The van der Waals surface area contributed by atoms with Crippen LogP contribution in [0.25, 0.3) is 0 Å². The predicted octanol–water partition coefficient (Wildman–Crippen LogP) is 4.37. The summed E-state index contributed by atoms with van der Waals surface area (Å²) in [6.45, 7) is 12.2. The molecule has 1 aromatic rings. The molecule has 25 heavy (non-hydrogen) atoms. The number of nitrogens with zero attached hydrogens (tertiary/aromatic N) is 2. The number of halogens is 1. The van der Waals surface area contributed by atoms with Gasteiger partial charge in [0, 0.05) is 36.9 Å². The molecule has 4 rings (SSSR count). The van der Waals surface area contributed by atoms with E-state index in [1.165, 1.54) is 12.0 Å². The van der Waals surface area contributed by atoms with E-state index in [1.807, 2.05) is 18.2 Å². The molecule has 1 aromatic carbocycles. The number of piperazine rings is 1. The highest BCUT2D eigenvalue weighted by molar-refractivity contribution is 6.30. The lowest BCUT2D eigenvalue weighted by molar-refractivity contribution is -0.140. The van der Waals surface area contributed by atoms with Gasteiger partial charge in [-0.3, -0.25) is 4.79 Å². The zero-order valence-corrected chi connectivity index (χ0v) is 16.0. The van der Waals surface area contributed by atoms with Gasteiger partial charge < -0.3 is 9.80 Å². The van der Waals surface area contributed by atoms with Gasteiger partial charge in [-0.1, -0.05) is 43.7 Å². The lowest BCUT2D eigenvalue weighted by Crippen LogP contribution is -2.53. The van der Waals surface area contributed by atoms with Crippen LogP contribution in [0, 0.1) is 16.7 Å². The summed E-state index contributed by atoms with van der Waals surface area (Å²) in [5, 5.41) is 0.761. The number of carbonyl (C=O) groups is 1. The summed E-state index contributed by atoms with van der Waals surface area (Å²) < 4.78 is 0. The van der Waals surface area contributed by atoms with E-state index in [0.29, 0.717) is 11.8 Å². The lowest BCUT2D eigenvalue weighted by Gasteiger charge is -2.42. The minimum Gasteiger partial charge on any atom is -0.368 e. The summed E-state index contributed by atoms with van der Waals surface area (Å²) >= 11 is 6.11. The molecule has 3 fully saturated rings. The third kappa shape index (κ3) is 2.51. The van der Waals surface area contributed by atoms with Gasteiger partial charge in [-0.2, -0.15) is 0 Å². The molecule has 0 aromatic heterocycles. The smallest absolute Gasteiger partial charge is 0.233 e. The van der Waals surface area contributed by atoms with E-state index in [1.54, 1.807) is 0 Å². The van der Waals surface area contributed by atoms with Gasteiger partial charge in [-0.05, 0) is 48.8 Å². The Kier molecular flexibility index (Phi) is 3.91. The van der Waals surface area contributed by atoms with Crippen molar-refractivity contribution in [3.05, 3.63) is 41.4 Å². The molecule has 1 saturated heterocycles. The second-order valence-corrected chi connectivity index (χ2v) is 8.92. The van der Waals surface area contributed by atoms with Crippen LogP contribution in [0.2, 0.25) is 5.02 Å². The molecule has 2 atom stereocenters. The number of anilines is 1. The van der Waals surface area contributed by atoms with E-state index in [0.717, 1.165) is 49.7 Å². The molecule has 134 valence electrons. The van der Waals surface area contributed by atoms with E-state index < -0.39 is 0 Å². The van der Waals surface area contributed by atoms with Gasteiger partial charge in [0.2, 0.25) is 5.91 Å². The Morgan fingerprint density at radius 3 is 2.56 bits per heavy atom. The second-order valence-electron chi connectivity index (χ2n) is 8.48. The Morgan fingerprint density at radius 2 is 1.96 bits per heavy atom. The van der Waals surface area contributed by atoms with Crippen molar-refractivity contribution in [2.75, 3.05) is 31.1 Å². The molecule has 1 aliphatic heterocycles. The predicted molar refractivity (Wildman–Crippen MR) is 103 cm³/mol. The first-order valence-electron chi connectivity index (χ1n) is 9.34. The third-order valence-electron chi connectivity index (χ3n) is 7.04. The van der Waals surface area contributed by atoms with Crippen LogP contribution in [-0.4, -0.2) is 37.0 Å². The maximum atomic E-state index is 13.4. The number of hydrogen-bond donors (Lipinski definition) is 0. The third-order valence-corrected chi connectivity index (χ3v) is 7.28. The number of rotatable bonds is 2. The lowest BCUT2D eigenvalue weighted by atomic mass is 9.68. The van der Waals surface area contributed by atoms with Crippen LogP contribution in [0.4, 0.5) is 5.69 Å². The summed E-state index contributed by atoms with van der Waals surface area (Å²) in [6.07, 6.45) is 3.17. The summed E-state index contributed by atoms with van der Waals surface area (Å²) in [4.78, 5) is 17.8. The zero-order chi connectivity index (χ0) is 17.8. The van der Waals surface area contributed by atoms with Crippen molar-refractivity contribution >= 4 is 23.2 Å². The van der Waals surface area contributed by atoms with Crippen LogP contribution in [-0.2, 0) is 4.79 Å². The molecule has 0 N–H and O–H groups in total. The van der Waals surface area contributed by atoms with Gasteiger partial charge in [-0.25, -0.2) is 0 Å². The SMILES string of the molecule is C=C1C(C)(C)[C@H]2CC[C@]1(C(=O)N1CCN(c3cccc(Cl)c3)CC1)C2.